The molecular weight excluding hydrogens is 190 g/mol. The van der Waals surface area contributed by atoms with Crippen LogP contribution in [0, 0.1) is 0 Å². The van der Waals surface area contributed by atoms with E-state index in [1.807, 2.05) is 11.9 Å². The molecule has 0 radical (unpaired) electrons. The molecule has 0 bridgehead atoms. The van der Waals surface area contributed by atoms with Crippen LogP contribution in [0.2, 0.25) is 0 Å². The number of methoxy groups -OCH3 is 1. The average Bonchev–Trinajstić information content (AvgIpc) is 2.71. The van der Waals surface area contributed by atoms with Crippen LogP contribution in [-0.2, 0) is 14.3 Å². The molecule has 1 spiro atoms. The lowest BCUT2D eigenvalue weighted by atomic mass is 10.1. The molecule has 72 valence electrons. The van der Waals surface area contributed by atoms with E-state index in [1.165, 1.54) is 18.9 Å². The summed E-state index contributed by atoms with van der Waals surface area (Å²) in [6.45, 7) is 0.459. The van der Waals surface area contributed by atoms with Gasteiger partial charge in [-0.05, 0) is 7.05 Å². The maximum atomic E-state index is 11.2. The molecule has 2 aliphatic rings. The van der Waals surface area contributed by atoms with E-state index in [9.17, 15) is 9.59 Å². The number of carbonyl (C=O) groups is 2. The van der Waals surface area contributed by atoms with Crippen molar-refractivity contribution in [3.8, 4) is 0 Å². The number of hydrogen-bond donors (Lipinski definition) is 0. The summed E-state index contributed by atoms with van der Waals surface area (Å²) in [6, 6.07) is 0. The van der Waals surface area contributed by atoms with Crippen LogP contribution in [0.3, 0.4) is 0 Å². The first-order valence-corrected chi connectivity index (χ1v) is 4.97. The largest absolute Gasteiger partial charge is 0.468 e. The minimum Gasteiger partial charge on any atom is -0.468 e. The molecule has 1 unspecified atom stereocenters. The van der Waals surface area contributed by atoms with Gasteiger partial charge in [-0.3, -0.25) is 14.5 Å². The van der Waals surface area contributed by atoms with E-state index in [2.05, 4.69) is 4.74 Å². The molecular formula is C8H11NO3S. The molecule has 2 saturated heterocycles. The average molecular weight is 201 g/mol. The number of ether oxygens (including phenoxy) is 1. The van der Waals surface area contributed by atoms with E-state index >= 15 is 0 Å². The van der Waals surface area contributed by atoms with Crippen LogP contribution in [0.1, 0.15) is 6.42 Å². The second kappa shape index (κ2) is 2.72. The number of carbonyl (C=O) groups excluding carboxylic acids is 2. The van der Waals surface area contributed by atoms with Gasteiger partial charge in [0.05, 0.1) is 18.5 Å². The highest BCUT2D eigenvalue weighted by atomic mass is 32.2. The van der Waals surface area contributed by atoms with Crippen LogP contribution in [-0.4, -0.2) is 47.5 Å². The van der Waals surface area contributed by atoms with Gasteiger partial charge in [-0.1, -0.05) is 0 Å². The normalized spacial score (nSPS) is 38.3. The second-order valence-electron chi connectivity index (χ2n) is 3.44. The van der Waals surface area contributed by atoms with E-state index in [4.69, 9.17) is 0 Å². The predicted octanol–water partition coefficient (Wildman–Crippen LogP) is -0.124. The molecule has 2 atom stereocenters. The fraction of sp³-hybridized carbons (Fsp3) is 0.750. The molecule has 0 aromatic rings. The number of nitrogens with zero attached hydrogens (tertiary/aromatic N) is 1. The zero-order chi connectivity index (χ0) is 9.64. The first kappa shape index (κ1) is 9.02. The van der Waals surface area contributed by atoms with E-state index in [-0.39, 0.29) is 21.9 Å². The summed E-state index contributed by atoms with van der Waals surface area (Å²) in [5, 5.41) is -0.158. The van der Waals surface area contributed by atoms with Crippen molar-refractivity contribution in [2.75, 3.05) is 20.7 Å². The summed E-state index contributed by atoms with van der Waals surface area (Å²) in [6.07, 6.45) is 0.480. The third-order valence-corrected chi connectivity index (χ3v) is 4.26. The molecule has 2 fully saturated rings. The smallest absolute Gasteiger partial charge is 0.321 e. The van der Waals surface area contributed by atoms with Crippen LogP contribution in [0.25, 0.3) is 0 Å². The van der Waals surface area contributed by atoms with E-state index in [1.54, 1.807) is 0 Å². The molecule has 4 nitrogen and oxygen atoms in total. The van der Waals surface area contributed by atoms with Crippen molar-refractivity contribution < 1.29 is 14.3 Å². The Morgan fingerprint density at radius 3 is 2.92 bits per heavy atom. The number of likely N-dealkylation sites (N-methyl/N-ethyl adjacent to an activating group) is 1. The Hall–Kier alpha value is -0.550. The molecule has 2 aliphatic heterocycles. The third kappa shape index (κ3) is 1.18. The highest BCUT2D eigenvalue weighted by molar-refractivity contribution is 8.09. The van der Waals surface area contributed by atoms with E-state index in [0.717, 1.165) is 0 Å². The van der Waals surface area contributed by atoms with Gasteiger partial charge in [-0.2, -0.15) is 0 Å². The first-order chi connectivity index (χ1) is 6.10. The van der Waals surface area contributed by atoms with Crippen LogP contribution in [0.5, 0.6) is 0 Å². The van der Waals surface area contributed by atoms with Gasteiger partial charge < -0.3 is 4.74 Å². The lowest BCUT2D eigenvalue weighted by molar-refractivity contribution is -0.140. The van der Waals surface area contributed by atoms with Crippen LogP contribution in [0.4, 0.5) is 0 Å². The van der Waals surface area contributed by atoms with Crippen LogP contribution >= 0.6 is 11.8 Å². The van der Waals surface area contributed by atoms with E-state index in [0.29, 0.717) is 13.0 Å². The highest BCUT2D eigenvalue weighted by Gasteiger charge is 2.66. The molecule has 2 heterocycles. The number of esters is 1. The molecule has 0 aliphatic carbocycles. The summed E-state index contributed by atoms with van der Waals surface area (Å²) in [5.41, 5.74) is 0. The van der Waals surface area contributed by atoms with Gasteiger partial charge in [-0.25, -0.2) is 0 Å². The zero-order valence-electron chi connectivity index (χ0n) is 7.57. The number of ketones is 1. The minimum atomic E-state index is -0.260. The van der Waals surface area contributed by atoms with Gasteiger partial charge in [0.15, 0.2) is 0 Å². The number of hydrogen-bond acceptors (Lipinski definition) is 5. The van der Waals surface area contributed by atoms with Crippen molar-refractivity contribution in [3.05, 3.63) is 0 Å². The standard InChI is InChI=1S/C8H11NO3S/c1-9-4-5(10)3-8(9)6(13-8)7(11)12-2/h6H,3-4H2,1-2H3/t6-,8?/m0/s1. The monoisotopic (exact) mass is 201 g/mol. The van der Waals surface area contributed by atoms with Crippen LogP contribution in [0.15, 0.2) is 0 Å². The van der Waals surface area contributed by atoms with Gasteiger partial charge in [0.25, 0.3) is 0 Å². The Morgan fingerprint density at radius 2 is 2.46 bits per heavy atom. The zero-order valence-corrected chi connectivity index (χ0v) is 8.39. The fourth-order valence-corrected chi connectivity index (χ4v) is 3.19. The van der Waals surface area contributed by atoms with E-state index < -0.39 is 0 Å². The Morgan fingerprint density at radius 1 is 1.77 bits per heavy atom. The quantitative estimate of drug-likeness (QED) is 0.437. The van der Waals surface area contributed by atoms with Crippen molar-refractivity contribution in [1.82, 2.24) is 4.90 Å². The SMILES string of the molecule is COC(=O)[C@@H]1SC12CC(=O)CN2C. The second-order valence-corrected chi connectivity index (χ2v) is 4.85. The highest BCUT2D eigenvalue weighted by Crippen LogP contribution is 2.60. The van der Waals surface area contributed by atoms with Gasteiger partial charge in [0.1, 0.15) is 11.0 Å². The van der Waals surface area contributed by atoms with Gasteiger partial charge in [0, 0.05) is 6.42 Å². The molecule has 0 aromatic heterocycles. The lowest BCUT2D eigenvalue weighted by Gasteiger charge is -2.15. The number of likely N-dealkylation sites (tertiary alicyclic amines) is 1. The van der Waals surface area contributed by atoms with Gasteiger partial charge in [0.2, 0.25) is 0 Å². The summed E-state index contributed by atoms with van der Waals surface area (Å²) in [7, 11) is 3.26. The Kier molecular flexibility index (Phi) is 1.89. The first-order valence-electron chi connectivity index (χ1n) is 4.09. The summed E-state index contributed by atoms with van der Waals surface area (Å²) in [4.78, 5) is 24.1. The molecule has 2 rings (SSSR count). The van der Waals surface area contributed by atoms with Gasteiger partial charge in [-0.15, -0.1) is 11.8 Å². The third-order valence-electron chi connectivity index (χ3n) is 2.60. The van der Waals surface area contributed by atoms with Crippen molar-refractivity contribution >= 4 is 23.5 Å². The Labute approximate surface area is 80.6 Å². The van der Waals surface area contributed by atoms with Crippen LogP contribution < -0.4 is 0 Å². The molecule has 13 heavy (non-hydrogen) atoms. The predicted molar refractivity (Wildman–Crippen MR) is 48.4 cm³/mol. The van der Waals surface area contributed by atoms with Gasteiger partial charge >= 0.3 is 5.97 Å². The number of Topliss-reactive ketones (excluding diaryl/α,β-unsaturated/α-hetero) is 1. The molecule has 0 N–H and O–H groups in total. The molecule has 5 heteroatoms. The Bertz CT molecular complexity index is 281. The maximum Gasteiger partial charge on any atom is 0.321 e. The molecule has 0 amide bonds. The lowest BCUT2D eigenvalue weighted by Crippen LogP contribution is -2.33. The van der Waals surface area contributed by atoms with Crippen molar-refractivity contribution in [2.24, 2.45) is 0 Å². The fourth-order valence-electron chi connectivity index (χ4n) is 1.81. The Balaban J connectivity index is 2.10. The maximum absolute atomic E-state index is 11.2. The summed E-state index contributed by atoms with van der Waals surface area (Å²) in [5.74, 6) is -0.00652. The molecule has 0 aromatic carbocycles. The van der Waals surface area contributed by atoms with Crippen molar-refractivity contribution in [1.29, 1.82) is 0 Å². The summed E-state index contributed by atoms with van der Waals surface area (Å²) >= 11 is 1.52. The minimum absolute atomic E-state index is 0.158. The number of rotatable bonds is 1. The topological polar surface area (TPSA) is 46.6 Å². The van der Waals surface area contributed by atoms with Crippen molar-refractivity contribution in [3.63, 3.8) is 0 Å². The summed E-state index contributed by atoms with van der Waals surface area (Å²) < 4.78 is 4.65. The molecule has 0 saturated carbocycles. The van der Waals surface area contributed by atoms with Crippen molar-refractivity contribution in [2.45, 2.75) is 16.5 Å². The number of thioether (sulfide) groups is 1.